The molecule has 2 atom stereocenters. The minimum Gasteiger partial charge on any atom is -0.374 e. The highest BCUT2D eigenvalue weighted by Gasteiger charge is 2.46. The Morgan fingerprint density at radius 2 is 1.96 bits per heavy atom. The number of rotatable bonds is 3. The third-order valence-corrected chi connectivity index (χ3v) is 6.44. The van der Waals surface area contributed by atoms with Crippen molar-refractivity contribution < 1.29 is 22.7 Å². The number of hydrogen-bond donors (Lipinski definition) is 0. The van der Waals surface area contributed by atoms with E-state index >= 15 is 0 Å². The van der Waals surface area contributed by atoms with Crippen LogP contribution in [0.15, 0.2) is 24.5 Å². The molecule has 0 unspecified atom stereocenters. The monoisotopic (exact) mass is 382 g/mol. The van der Waals surface area contributed by atoms with E-state index in [-0.39, 0.29) is 43.8 Å². The number of hydrogen-bond acceptors (Lipinski definition) is 6. The first-order valence-corrected chi connectivity index (χ1v) is 9.91. The van der Waals surface area contributed by atoms with Gasteiger partial charge in [-0.2, -0.15) is 4.31 Å². The second-order valence-corrected chi connectivity index (χ2v) is 8.61. The van der Waals surface area contributed by atoms with Gasteiger partial charge in [0.15, 0.2) is 0 Å². The van der Waals surface area contributed by atoms with Crippen LogP contribution >= 0.6 is 0 Å². The lowest BCUT2D eigenvalue weighted by molar-refractivity contribution is -0.129. The van der Waals surface area contributed by atoms with E-state index in [0.717, 1.165) is 0 Å². The zero-order valence-electron chi connectivity index (χ0n) is 14.7. The van der Waals surface area contributed by atoms with Crippen molar-refractivity contribution in [3.8, 4) is 0 Å². The van der Waals surface area contributed by atoms with Gasteiger partial charge in [0.2, 0.25) is 15.9 Å². The first kappa shape index (κ1) is 18.7. The molecule has 26 heavy (non-hydrogen) atoms. The largest absolute Gasteiger partial charge is 0.374 e. The lowest BCUT2D eigenvalue weighted by Gasteiger charge is -2.28. The van der Waals surface area contributed by atoms with Crippen molar-refractivity contribution in [2.75, 3.05) is 46.1 Å². The molecular formula is C16H22N4O5S. The van der Waals surface area contributed by atoms with Crippen LogP contribution in [0, 0.1) is 0 Å². The molecule has 0 spiro atoms. The summed E-state index contributed by atoms with van der Waals surface area (Å²) in [6.07, 6.45) is 2.61. The summed E-state index contributed by atoms with van der Waals surface area (Å²) in [6, 6.07) is 2.65. The number of aromatic nitrogens is 1. The van der Waals surface area contributed by atoms with Crippen LogP contribution in [0.5, 0.6) is 0 Å². The molecule has 142 valence electrons. The summed E-state index contributed by atoms with van der Waals surface area (Å²) in [6.45, 7) is 0.268. The van der Waals surface area contributed by atoms with Crippen molar-refractivity contribution in [3.05, 3.63) is 30.1 Å². The lowest BCUT2D eigenvalue weighted by atomic mass is 10.2. The Hall–Kier alpha value is -2.04. The van der Waals surface area contributed by atoms with Gasteiger partial charge in [0.25, 0.3) is 5.91 Å². The van der Waals surface area contributed by atoms with E-state index in [1.165, 1.54) is 21.6 Å². The van der Waals surface area contributed by atoms with Crippen LogP contribution in [-0.4, -0.2) is 97.6 Å². The fourth-order valence-corrected chi connectivity index (χ4v) is 4.62. The predicted octanol–water partition coefficient (Wildman–Crippen LogP) is -0.975. The van der Waals surface area contributed by atoms with Crippen LogP contribution in [0.25, 0.3) is 0 Å². The van der Waals surface area contributed by atoms with Crippen LogP contribution in [0.4, 0.5) is 0 Å². The standard InChI is InChI=1S/C16H22N4O5S/c1-18(2)15(21)11-20-13-9-19(16(22)12-3-5-17-6-4-12)10-14(13)25-7-8-26(20,23)24/h3-6,13-14H,7-11H2,1-2H3/t13-,14+/m1/s1. The average Bonchev–Trinajstić information content (AvgIpc) is 2.98. The second-order valence-electron chi connectivity index (χ2n) is 6.57. The fraction of sp³-hybridized carbons (Fsp3) is 0.562. The summed E-state index contributed by atoms with van der Waals surface area (Å²) < 4.78 is 32.1. The molecule has 0 aliphatic carbocycles. The number of ether oxygens (including phenoxy) is 1. The quantitative estimate of drug-likeness (QED) is 0.667. The topological polar surface area (TPSA) is 100 Å². The minimum absolute atomic E-state index is 0.0490. The molecule has 2 amide bonds. The van der Waals surface area contributed by atoms with Gasteiger partial charge in [-0.15, -0.1) is 0 Å². The molecule has 10 heteroatoms. The molecule has 0 bridgehead atoms. The third kappa shape index (κ3) is 3.71. The highest BCUT2D eigenvalue weighted by molar-refractivity contribution is 7.89. The molecule has 0 radical (unpaired) electrons. The highest BCUT2D eigenvalue weighted by atomic mass is 32.2. The molecule has 3 heterocycles. The van der Waals surface area contributed by atoms with E-state index in [1.807, 2.05) is 0 Å². The molecule has 0 saturated carbocycles. The fourth-order valence-electron chi connectivity index (χ4n) is 3.16. The lowest BCUT2D eigenvalue weighted by Crippen LogP contribution is -2.50. The summed E-state index contributed by atoms with van der Waals surface area (Å²) in [5, 5.41) is 0. The Balaban J connectivity index is 1.84. The average molecular weight is 382 g/mol. The number of carbonyl (C=O) groups is 2. The zero-order valence-corrected chi connectivity index (χ0v) is 15.6. The van der Waals surface area contributed by atoms with Crippen LogP contribution < -0.4 is 0 Å². The number of likely N-dealkylation sites (N-methyl/N-ethyl adjacent to an activating group) is 1. The Morgan fingerprint density at radius 1 is 1.27 bits per heavy atom. The summed E-state index contributed by atoms with van der Waals surface area (Å²) >= 11 is 0. The second kappa shape index (κ2) is 7.29. The van der Waals surface area contributed by atoms with Crippen molar-refractivity contribution in [1.82, 2.24) is 19.1 Å². The Kier molecular flexibility index (Phi) is 5.26. The van der Waals surface area contributed by atoms with Gasteiger partial charge >= 0.3 is 0 Å². The smallest absolute Gasteiger partial charge is 0.254 e. The van der Waals surface area contributed by atoms with Crippen molar-refractivity contribution in [1.29, 1.82) is 0 Å². The molecule has 1 aromatic heterocycles. The van der Waals surface area contributed by atoms with Gasteiger partial charge in [0, 0.05) is 45.1 Å². The molecule has 2 saturated heterocycles. The van der Waals surface area contributed by atoms with Crippen molar-refractivity contribution in [2.24, 2.45) is 0 Å². The van der Waals surface area contributed by atoms with E-state index in [1.54, 1.807) is 31.1 Å². The summed E-state index contributed by atoms with van der Waals surface area (Å²) in [5.74, 6) is -0.688. The molecular weight excluding hydrogens is 360 g/mol. The normalized spacial score (nSPS) is 25.4. The molecule has 3 rings (SSSR count). The molecule has 0 N–H and O–H groups in total. The number of nitrogens with zero attached hydrogens (tertiary/aromatic N) is 4. The maximum atomic E-state index is 12.7. The number of sulfonamides is 1. The van der Waals surface area contributed by atoms with Crippen LogP contribution in [0.1, 0.15) is 10.4 Å². The van der Waals surface area contributed by atoms with E-state index in [4.69, 9.17) is 4.74 Å². The predicted molar refractivity (Wildman–Crippen MR) is 92.9 cm³/mol. The van der Waals surface area contributed by atoms with Crippen molar-refractivity contribution in [2.45, 2.75) is 12.1 Å². The third-order valence-electron chi connectivity index (χ3n) is 4.64. The molecule has 1 aromatic rings. The number of carbonyl (C=O) groups excluding carboxylic acids is 2. The molecule has 2 aliphatic rings. The van der Waals surface area contributed by atoms with Crippen LogP contribution in [0.3, 0.4) is 0 Å². The molecule has 2 fully saturated rings. The number of pyridine rings is 1. The van der Waals surface area contributed by atoms with Gasteiger partial charge in [0.05, 0.1) is 31.1 Å². The minimum atomic E-state index is -3.64. The number of likely N-dealkylation sites (tertiary alicyclic amines) is 1. The van der Waals surface area contributed by atoms with Gasteiger partial charge in [-0.05, 0) is 12.1 Å². The number of amides is 2. The maximum Gasteiger partial charge on any atom is 0.254 e. The Labute approximate surface area is 152 Å². The van der Waals surface area contributed by atoms with Crippen molar-refractivity contribution in [3.63, 3.8) is 0 Å². The van der Waals surface area contributed by atoms with Gasteiger partial charge in [0.1, 0.15) is 0 Å². The summed E-state index contributed by atoms with van der Waals surface area (Å²) in [5.41, 5.74) is 0.482. The van der Waals surface area contributed by atoms with Crippen LogP contribution in [0.2, 0.25) is 0 Å². The van der Waals surface area contributed by atoms with E-state index in [2.05, 4.69) is 4.98 Å². The number of fused-ring (bicyclic) bond motifs is 1. The van der Waals surface area contributed by atoms with Gasteiger partial charge < -0.3 is 14.5 Å². The molecule has 0 aromatic carbocycles. The first-order chi connectivity index (χ1) is 12.3. The van der Waals surface area contributed by atoms with Gasteiger partial charge in [-0.1, -0.05) is 0 Å². The maximum absolute atomic E-state index is 12.7. The SMILES string of the molecule is CN(C)C(=O)CN1[C@@H]2CN(C(=O)c3ccncc3)C[C@@H]2OCCS1(=O)=O. The highest BCUT2D eigenvalue weighted by Crippen LogP contribution is 2.26. The van der Waals surface area contributed by atoms with Gasteiger partial charge in [-0.25, -0.2) is 8.42 Å². The van der Waals surface area contributed by atoms with E-state index < -0.39 is 22.2 Å². The van der Waals surface area contributed by atoms with Crippen molar-refractivity contribution >= 4 is 21.8 Å². The zero-order chi connectivity index (χ0) is 18.9. The molecule has 9 nitrogen and oxygen atoms in total. The molecule has 2 aliphatic heterocycles. The first-order valence-electron chi connectivity index (χ1n) is 8.30. The Bertz CT molecular complexity index is 783. The van der Waals surface area contributed by atoms with Gasteiger partial charge in [-0.3, -0.25) is 14.6 Å². The summed E-state index contributed by atoms with van der Waals surface area (Å²) in [7, 11) is -0.488. The van der Waals surface area contributed by atoms with E-state index in [0.29, 0.717) is 5.56 Å². The van der Waals surface area contributed by atoms with E-state index in [9.17, 15) is 18.0 Å². The summed E-state index contributed by atoms with van der Waals surface area (Å²) in [4.78, 5) is 31.6. The Morgan fingerprint density at radius 3 is 2.62 bits per heavy atom. The van der Waals surface area contributed by atoms with Crippen LogP contribution in [-0.2, 0) is 19.6 Å².